The van der Waals surface area contributed by atoms with Gasteiger partial charge < -0.3 is 10.6 Å². The molecule has 0 spiro atoms. The Kier molecular flexibility index (Phi) is 3.81. The first-order chi connectivity index (χ1) is 7.70. The molecule has 0 unspecified atom stereocenters. The van der Waals surface area contributed by atoms with Gasteiger partial charge in [0.05, 0.1) is 0 Å². The first-order valence-electron chi connectivity index (χ1n) is 5.82. The molecule has 0 radical (unpaired) electrons. The van der Waals surface area contributed by atoms with Gasteiger partial charge in [0.1, 0.15) is 0 Å². The van der Waals surface area contributed by atoms with Crippen molar-refractivity contribution >= 4 is 11.6 Å². The summed E-state index contributed by atoms with van der Waals surface area (Å²) in [6, 6.07) is 5.40. The Hall–Kier alpha value is -1.51. The molecule has 2 N–H and O–H groups in total. The lowest BCUT2D eigenvalue weighted by Gasteiger charge is -2.27. The van der Waals surface area contributed by atoms with Crippen molar-refractivity contribution in [2.75, 3.05) is 19.3 Å². The summed E-state index contributed by atoms with van der Waals surface area (Å²) in [5, 5.41) is 0. The predicted octanol–water partition coefficient (Wildman–Crippen LogP) is 2.70. The maximum Gasteiger partial charge on any atom is 0.253 e. The van der Waals surface area contributed by atoms with Crippen LogP contribution in [0.1, 0.15) is 36.7 Å². The Morgan fingerprint density at radius 3 is 2.41 bits per heavy atom. The third-order valence-corrected chi connectivity index (χ3v) is 2.54. The molecule has 1 aromatic rings. The molecule has 3 heteroatoms. The fourth-order valence-corrected chi connectivity index (χ4v) is 1.92. The lowest BCUT2D eigenvalue weighted by Crippen LogP contribution is -2.34. The first-order valence-corrected chi connectivity index (χ1v) is 5.82. The molecule has 1 amide bonds. The van der Waals surface area contributed by atoms with Crippen LogP contribution in [0.15, 0.2) is 18.2 Å². The second-order valence-electron chi connectivity index (χ2n) is 5.80. The lowest BCUT2D eigenvalue weighted by molar-refractivity contribution is 0.0745. The number of carbonyl (C=O) groups is 1. The van der Waals surface area contributed by atoms with Crippen LogP contribution < -0.4 is 5.73 Å². The molecular weight excluding hydrogens is 212 g/mol. The molecule has 0 saturated carbocycles. The van der Waals surface area contributed by atoms with Gasteiger partial charge in [0.2, 0.25) is 0 Å². The average molecular weight is 234 g/mol. The molecule has 0 aliphatic rings. The number of aryl methyl sites for hydroxylation is 1. The minimum Gasteiger partial charge on any atom is -0.399 e. The number of anilines is 1. The molecule has 0 aliphatic carbocycles. The first kappa shape index (κ1) is 13.6. The normalized spacial score (nSPS) is 11.4. The Morgan fingerprint density at radius 2 is 1.94 bits per heavy atom. The van der Waals surface area contributed by atoms with Crippen LogP contribution in [-0.4, -0.2) is 24.4 Å². The van der Waals surface area contributed by atoms with E-state index >= 15 is 0 Å². The number of hydrogen-bond donors (Lipinski definition) is 1. The van der Waals surface area contributed by atoms with Crippen LogP contribution in [0.3, 0.4) is 0 Å². The molecular formula is C14H22N2O. The average Bonchev–Trinajstić information content (AvgIpc) is 2.14. The minimum atomic E-state index is 0.0532. The summed E-state index contributed by atoms with van der Waals surface area (Å²) in [6.45, 7) is 9.00. The molecule has 0 saturated heterocycles. The summed E-state index contributed by atoms with van der Waals surface area (Å²) >= 11 is 0. The Morgan fingerprint density at radius 1 is 1.35 bits per heavy atom. The zero-order valence-electron chi connectivity index (χ0n) is 11.4. The Balaban J connectivity index is 2.89. The van der Waals surface area contributed by atoms with E-state index in [-0.39, 0.29) is 11.3 Å². The molecule has 0 fully saturated rings. The van der Waals surface area contributed by atoms with Gasteiger partial charge in [0.25, 0.3) is 5.91 Å². The number of nitrogens with two attached hydrogens (primary N) is 1. The van der Waals surface area contributed by atoms with Crippen LogP contribution in [0, 0.1) is 12.3 Å². The fourth-order valence-electron chi connectivity index (χ4n) is 1.92. The van der Waals surface area contributed by atoms with E-state index in [1.165, 1.54) is 0 Å². The number of amides is 1. The Bertz CT molecular complexity index is 419. The molecule has 17 heavy (non-hydrogen) atoms. The molecule has 0 atom stereocenters. The van der Waals surface area contributed by atoms with E-state index in [1.54, 1.807) is 17.0 Å². The molecule has 0 aliphatic heterocycles. The van der Waals surface area contributed by atoms with Crippen molar-refractivity contribution in [3.05, 3.63) is 29.3 Å². The van der Waals surface area contributed by atoms with Gasteiger partial charge in [-0.15, -0.1) is 0 Å². The minimum absolute atomic E-state index is 0.0532. The zero-order chi connectivity index (χ0) is 13.2. The monoisotopic (exact) mass is 234 g/mol. The fraction of sp³-hybridized carbons (Fsp3) is 0.500. The highest BCUT2D eigenvalue weighted by Crippen LogP contribution is 2.18. The van der Waals surface area contributed by atoms with E-state index in [4.69, 9.17) is 5.73 Å². The highest BCUT2D eigenvalue weighted by Gasteiger charge is 2.19. The van der Waals surface area contributed by atoms with Crippen molar-refractivity contribution in [3.63, 3.8) is 0 Å². The van der Waals surface area contributed by atoms with Crippen molar-refractivity contribution in [3.8, 4) is 0 Å². The molecule has 94 valence electrons. The van der Waals surface area contributed by atoms with Crippen LogP contribution in [0.4, 0.5) is 5.69 Å². The van der Waals surface area contributed by atoms with Crippen molar-refractivity contribution in [1.82, 2.24) is 4.90 Å². The van der Waals surface area contributed by atoms with Gasteiger partial charge in [-0.3, -0.25) is 4.79 Å². The van der Waals surface area contributed by atoms with E-state index in [0.29, 0.717) is 5.69 Å². The topological polar surface area (TPSA) is 46.3 Å². The second kappa shape index (κ2) is 4.78. The van der Waals surface area contributed by atoms with E-state index in [0.717, 1.165) is 17.7 Å². The standard InChI is InChI=1S/C14H22N2O/c1-10-8-11(15)6-7-12(10)13(17)16(5)9-14(2,3)4/h6-8H,9,15H2,1-5H3. The van der Waals surface area contributed by atoms with Gasteiger partial charge in [-0.2, -0.15) is 0 Å². The number of rotatable bonds is 2. The van der Waals surface area contributed by atoms with Crippen molar-refractivity contribution in [2.45, 2.75) is 27.7 Å². The van der Waals surface area contributed by atoms with Crippen LogP contribution in [0.5, 0.6) is 0 Å². The summed E-state index contributed by atoms with van der Waals surface area (Å²) in [7, 11) is 1.84. The van der Waals surface area contributed by atoms with E-state index in [2.05, 4.69) is 20.8 Å². The van der Waals surface area contributed by atoms with Crippen LogP contribution >= 0.6 is 0 Å². The van der Waals surface area contributed by atoms with Crippen LogP contribution in [0.25, 0.3) is 0 Å². The van der Waals surface area contributed by atoms with Gasteiger partial charge in [0, 0.05) is 24.8 Å². The number of nitrogens with zero attached hydrogens (tertiary/aromatic N) is 1. The maximum absolute atomic E-state index is 12.2. The highest BCUT2D eigenvalue weighted by molar-refractivity contribution is 5.95. The zero-order valence-corrected chi connectivity index (χ0v) is 11.4. The number of carbonyl (C=O) groups excluding carboxylic acids is 1. The molecule has 1 aromatic carbocycles. The van der Waals surface area contributed by atoms with Crippen molar-refractivity contribution in [1.29, 1.82) is 0 Å². The van der Waals surface area contributed by atoms with Crippen molar-refractivity contribution in [2.24, 2.45) is 5.41 Å². The summed E-state index contributed by atoms with van der Waals surface area (Å²) in [4.78, 5) is 14.0. The van der Waals surface area contributed by atoms with Gasteiger partial charge >= 0.3 is 0 Å². The summed E-state index contributed by atoms with van der Waals surface area (Å²) in [5.74, 6) is 0.0532. The van der Waals surface area contributed by atoms with Crippen LogP contribution in [0.2, 0.25) is 0 Å². The third-order valence-electron chi connectivity index (χ3n) is 2.54. The van der Waals surface area contributed by atoms with Gasteiger partial charge in [0.15, 0.2) is 0 Å². The molecule has 0 bridgehead atoms. The smallest absolute Gasteiger partial charge is 0.253 e. The number of benzene rings is 1. The number of nitrogen functional groups attached to an aromatic ring is 1. The van der Waals surface area contributed by atoms with E-state index in [9.17, 15) is 4.79 Å². The molecule has 3 nitrogen and oxygen atoms in total. The quantitative estimate of drug-likeness (QED) is 0.800. The Labute approximate surface area is 104 Å². The van der Waals surface area contributed by atoms with E-state index < -0.39 is 0 Å². The third kappa shape index (κ3) is 3.77. The van der Waals surface area contributed by atoms with Crippen molar-refractivity contribution < 1.29 is 4.79 Å². The SMILES string of the molecule is Cc1cc(N)ccc1C(=O)N(C)CC(C)(C)C. The van der Waals surface area contributed by atoms with Crippen LogP contribution in [-0.2, 0) is 0 Å². The molecule has 0 aromatic heterocycles. The summed E-state index contributed by atoms with van der Waals surface area (Å²) in [6.07, 6.45) is 0. The highest BCUT2D eigenvalue weighted by atomic mass is 16.2. The van der Waals surface area contributed by atoms with Gasteiger partial charge in [-0.1, -0.05) is 20.8 Å². The lowest BCUT2D eigenvalue weighted by atomic mass is 9.95. The molecule has 1 rings (SSSR count). The summed E-state index contributed by atoms with van der Waals surface area (Å²) in [5.41, 5.74) is 8.13. The number of hydrogen-bond acceptors (Lipinski definition) is 2. The molecule has 0 heterocycles. The second-order valence-corrected chi connectivity index (χ2v) is 5.80. The van der Waals surface area contributed by atoms with Gasteiger partial charge in [-0.05, 0) is 36.1 Å². The van der Waals surface area contributed by atoms with Gasteiger partial charge in [-0.25, -0.2) is 0 Å². The largest absolute Gasteiger partial charge is 0.399 e. The summed E-state index contributed by atoms with van der Waals surface area (Å²) < 4.78 is 0. The predicted molar refractivity (Wildman–Crippen MR) is 72.0 cm³/mol. The maximum atomic E-state index is 12.2. The van der Waals surface area contributed by atoms with E-state index in [1.807, 2.05) is 20.0 Å².